The summed E-state index contributed by atoms with van der Waals surface area (Å²) >= 11 is 0. The zero-order chi connectivity index (χ0) is 13.9. The Balaban J connectivity index is 2.50. The summed E-state index contributed by atoms with van der Waals surface area (Å²) in [5.74, 6) is 2.66. The van der Waals surface area contributed by atoms with Crippen LogP contribution in [0.2, 0.25) is 0 Å². The summed E-state index contributed by atoms with van der Waals surface area (Å²) in [6.07, 6.45) is 2.91. The molecule has 0 saturated carbocycles. The Labute approximate surface area is 116 Å². The van der Waals surface area contributed by atoms with Gasteiger partial charge in [0, 0.05) is 38.8 Å². The van der Waals surface area contributed by atoms with Crippen molar-refractivity contribution in [3.8, 4) is 0 Å². The van der Waals surface area contributed by atoms with Crippen LogP contribution in [-0.4, -0.2) is 36.3 Å². The molecule has 2 N–H and O–H groups in total. The van der Waals surface area contributed by atoms with Crippen LogP contribution in [0, 0.1) is 0 Å². The molecule has 0 aromatic carbocycles. The smallest absolute Gasteiger partial charge is 0.132 e. The van der Waals surface area contributed by atoms with E-state index in [2.05, 4.69) is 34.4 Å². The second-order valence-electron chi connectivity index (χ2n) is 4.31. The molecule has 0 aliphatic carbocycles. The molecule has 108 valence electrons. The van der Waals surface area contributed by atoms with E-state index in [-0.39, 0.29) is 0 Å². The van der Waals surface area contributed by atoms with Crippen LogP contribution < -0.4 is 10.6 Å². The molecule has 0 atom stereocenters. The number of aryl methyl sites for hydroxylation is 1. The van der Waals surface area contributed by atoms with Gasteiger partial charge in [-0.3, -0.25) is 0 Å². The van der Waals surface area contributed by atoms with Gasteiger partial charge in [0.15, 0.2) is 0 Å². The SMILES string of the molecule is CCCNc1cc(NCCCOCC)nc(CC)n1. The van der Waals surface area contributed by atoms with E-state index in [0.717, 1.165) is 63.0 Å². The average Bonchev–Trinajstić information content (AvgIpc) is 2.44. The summed E-state index contributed by atoms with van der Waals surface area (Å²) in [7, 11) is 0. The zero-order valence-corrected chi connectivity index (χ0v) is 12.3. The van der Waals surface area contributed by atoms with Gasteiger partial charge in [0.1, 0.15) is 17.5 Å². The second-order valence-corrected chi connectivity index (χ2v) is 4.31. The van der Waals surface area contributed by atoms with Gasteiger partial charge in [-0.1, -0.05) is 13.8 Å². The average molecular weight is 266 g/mol. The van der Waals surface area contributed by atoms with E-state index in [1.54, 1.807) is 0 Å². The van der Waals surface area contributed by atoms with E-state index in [4.69, 9.17) is 4.74 Å². The Morgan fingerprint density at radius 3 is 2.32 bits per heavy atom. The first-order valence-electron chi connectivity index (χ1n) is 7.23. The quantitative estimate of drug-likeness (QED) is 0.638. The molecule has 5 heteroatoms. The van der Waals surface area contributed by atoms with Crippen LogP contribution in [0.15, 0.2) is 6.07 Å². The molecular formula is C14H26N4O. The molecule has 1 aromatic rings. The number of rotatable bonds is 10. The van der Waals surface area contributed by atoms with Gasteiger partial charge in [-0.25, -0.2) is 9.97 Å². The van der Waals surface area contributed by atoms with Crippen molar-refractivity contribution in [2.24, 2.45) is 0 Å². The molecule has 1 aromatic heterocycles. The molecule has 0 fully saturated rings. The lowest BCUT2D eigenvalue weighted by Gasteiger charge is -2.10. The predicted molar refractivity (Wildman–Crippen MR) is 79.8 cm³/mol. The maximum Gasteiger partial charge on any atom is 0.132 e. The third-order valence-corrected chi connectivity index (χ3v) is 2.62. The fraction of sp³-hybridized carbons (Fsp3) is 0.714. The predicted octanol–water partition coefficient (Wildman–Crippen LogP) is 2.70. The number of nitrogens with zero attached hydrogens (tertiary/aromatic N) is 2. The van der Waals surface area contributed by atoms with Gasteiger partial charge in [-0.2, -0.15) is 0 Å². The van der Waals surface area contributed by atoms with E-state index >= 15 is 0 Å². The van der Waals surface area contributed by atoms with E-state index < -0.39 is 0 Å². The number of hydrogen-bond acceptors (Lipinski definition) is 5. The van der Waals surface area contributed by atoms with Crippen molar-refractivity contribution in [3.63, 3.8) is 0 Å². The van der Waals surface area contributed by atoms with Crippen LogP contribution in [0.1, 0.15) is 39.4 Å². The van der Waals surface area contributed by atoms with Gasteiger partial charge >= 0.3 is 0 Å². The van der Waals surface area contributed by atoms with Gasteiger partial charge in [-0.15, -0.1) is 0 Å². The number of aromatic nitrogens is 2. The number of hydrogen-bond donors (Lipinski definition) is 2. The molecule has 19 heavy (non-hydrogen) atoms. The lowest BCUT2D eigenvalue weighted by molar-refractivity contribution is 0.147. The summed E-state index contributed by atoms with van der Waals surface area (Å²) in [6, 6.07) is 1.97. The minimum Gasteiger partial charge on any atom is -0.382 e. The molecule has 0 bridgehead atoms. The van der Waals surface area contributed by atoms with Crippen molar-refractivity contribution in [1.82, 2.24) is 9.97 Å². The number of anilines is 2. The second kappa shape index (κ2) is 9.55. The van der Waals surface area contributed by atoms with Crippen molar-refractivity contribution in [2.45, 2.75) is 40.0 Å². The van der Waals surface area contributed by atoms with Gasteiger partial charge in [0.05, 0.1) is 0 Å². The standard InChI is InChI=1S/C14H26N4O/c1-4-8-15-13-11-14(18-12(5-2)17-13)16-9-7-10-19-6-3/h11H,4-10H2,1-3H3,(H2,15,16,17,18). The van der Waals surface area contributed by atoms with E-state index in [0.29, 0.717) is 0 Å². The monoisotopic (exact) mass is 266 g/mol. The summed E-state index contributed by atoms with van der Waals surface area (Å²) in [5.41, 5.74) is 0. The van der Waals surface area contributed by atoms with Crippen molar-refractivity contribution < 1.29 is 4.74 Å². The number of nitrogens with one attached hydrogen (secondary N) is 2. The fourth-order valence-electron chi connectivity index (χ4n) is 1.62. The van der Waals surface area contributed by atoms with Crippen LogP contribution in [0.5, 0.6) is 0 Å². The molecule has 0 unspecified atom stereocenters. The maximum atomic E-state index is 5.31. The van der Waals surface area contributed by atoms with Crippen LogP contribution in [0.4, 0.5) is 11.6 Å². The zero-order valence-electron chi connectivity index (χ0n) is 12.3. The van der Waals surface area contributed by atoms with Crippen molar-refractivity contribution in [2.75, 3.05) is 36.9 Å². The maximum absolute atomic E-state index is 5.31. The molecular weight excluding hydrogens is 240 g/mol. The highest BCUT2D eigenvalue weighted by atomic mass is 16.5. The Hall–Kier alpha value is -1.36. The van der Waals surface area contributed by atoms with Gasteiger partial charge in [0.25, 0.3) is 0 Å². The molecule has 0 saturated heterocycles. The molecule has 0 aliphatic heterocycles. The molecule has 0 aliphatic rings. The fourth-order valence-corrected chi connectivity index (χ4v) is 1.62. The minimum absolute atomic E-state index is 0.776. The molecule has 1 heterocycles. The highest BCUT2D eigenvalue weighted by Crippen LogP contribution is 2.12. The highest BCUT2D eigenvalue weighted by Gasteiger charge is 2.02. The Morgan fingerprint density at radius 2 is 1.74 bits per heavy atom. The summed E-state index contributed by atoms with van der Waals surface area (Å²) < 4.78 is 5.31. The molecule has 0 spiro atoms. The molecule has 1 rings (SSSR count). The van der Waals surface area contributed by atoms with Crippen LogP contribution in [-0.2, 0) is 11.2 Å². The topological polar surface area (TPSA) is 59.1 Å². The molecule has 0 amide bonds. The van der Waals surface area contributed by atoms with E-state index in [9.17, 15) is 0 Å². The Bertz CT molecular complexity index is 357. The van der Waals surface area contributed by atoms with Crippen LogP contribution in [0.25, 0.3) is 0 Å². The van der Waals surface area contributed by atoms with Crippen molar-refractivity contribution >= 4 is 11.6 Å². The first kappa shape index (κ1) is 15.7. The normalized spacial score (nSPS) is 10.5. The summed E-state index contributed by atoms with van der Waals surface area (Å²) in [4.78, 5) is 8.93. The third-order valence-electron chi connectivity index (χ3n) is 2.62. The van der Waals surface area contributed by atoms with E-state index in [1.807, 2.05) is 13.0 Å². The largest absolute Gasteiger partial charge is 0.382 e. The van der Waals surface area contributed by atoms with Gasteiger partial charge in [-0.05, 0) is 19.8 Å². The van der Waals surface area contributed by atoms with Crippen molar-refractivity contribution in [1.29, 1.82) is 0 Å². The molecule has 0 radical (unpaired) electrons. The third kappa shape index (κ3) is 6.38. The van der Waals surface area contributed by atoms with Crippen LogP contribution >= 0.6 is 0 Å². The summed E-state index contributed by atoms with van der Waals surface area (Å²) in [5, 5.41) is 6.63. The Kier molecular flexibility index (Phi) is 7.89. The minimum atomic E-state index is 0.776. The highest BCUT2D eigenvalue weighted by molar-refractivity contribution is 5.47. The van der Waals surface area contributed by atoms with Crippen molar-refractivity contribution in [3.05, 3.63) is 11.9 Å². The number of ether oxygens (including phenoxy) is 1. The lowest BCUT2D eigenvalue weighted by Crippen LogP contribution is -2.10. The van der Waals surface area contributed by atoms with Crippen LogP contribution in [0.3, 0.4) is 0 Å². The lowest BCUT2D eigenvalue weighted by atomic mass is 10.4. The summed E-state index contributed by atoms with van der Waals surface area (Å²) in [6.45, 7) is 9.59. The van der Waals surface area contributed by atoms with E-state index in [1.165, 1.54) is 0 Å². The Morgan fingerprint density at radius 1 is 1.05 bits per heavy atom. The van der Waals surface area contributed by atoms with Gasteiger partial charge < -0.3 is 15.4 Å². The first-order valence-corrected chi connectivity index (χ1v) is 7.23. The molecule has 5 nitrogen and oxygen atoms in total. The first-order chi connectivity index (χ1) is 9.30. The van der Waals surface area contributed by atoms with Gasteiger partial charge in [0.2, 0.25) is 0 Å².